The predicted octanol–water partition coefficient (Wildman–Crippen LogP) is 4.03. The van der Waals surface area contributed by atoms with Crippen LogP contribution >= 0.6 is 0 Å². The van der Waals surface area contributed by atoms with Crippen LogP contribution in [0.15, 0.2) is 0 Å². The van der Waals surface area contributed by atoms with Crippen molar-refractivity contribution in [1.82, 2.24) is 0 Å². The molecule has 2 N–H and O–H groups in total. The Morgan fingerprint density at radius 2 is 1.71 bits per heavy atom. The summed E-state index contributed by atoms with van der Waals surface area (Å²) < 4.78 is 46.2. The summed E-state index contributed by atoms with van der Waals surface area (Å²) in [5.41, 5.74) is -6.09. The Kier molecular flexibility index (Phi) is 3.66. The van der Waals surface area contributed by atoms with Crippen LogP contribution in [-0.2, 0) is 0 Å². The van der Waals surface area contributed by atoms with Crippen molar-refractivity contribution in [3.8, 4) is 0 Å². The van der Waals surface area contributed by atoms with Gasteiger partial charge in [-0.2, -0.15) is 0 Å². The maximum absolute atomic E-state index is 16.0. The van der Waals surface area contributed by atoms with Gasteiger partial charge < -0.3 is 10.2 Å². The topological polar surface area (TPSA) is 40.5 Å². The second kappa shape index (κ2) is 5.12. The molecule has 8 atom stereocenters. The monoisotopic (exact) mass is 346 g/mol. The molecule has 5 heteroatoms. The van der Waals surface area contributed by atoms with Crippen molar-refractivity contribution < 1.29 is 23.4 Å². The summed E-state index contributed by atoms with van der Waals surface area (Å²) in [4.78, 5) is 0. The number of hydrogen-bond acceptors (Lipinski definition) is 2. The van der Waals surface area contributed by atoms with Crippen molar-refractivity contribution in [2.24, 2.45) is 17.3 Å². The standard InChI is InChI=1S/C19H29F3O2/c1-16-8-9-18(22)11-17(21)10-13(23)3-2-12(17)6-7-19(18,24)14(16)4-5-15(16)20/h12-15,23-24H,2-11H2,1H3/t12?,13?,14?,15?,16?,17?,18?,19-/m0/s1. The van der Waals surface area contributed by atoms with Crippen LogP contribution in [0, 0.1) is 17.3 Å². The third-order valence-electron chi connectivity index (χ3n) is 8.24. The molecule has 4 aliphatic carbocycles. The van der Waals surface area contributed by atoms with Gasteiger partial charge in [-0.3, -0.25) is 0 Å². The summed E-state index contributed by atoms with van der Waals surface area (Å²) in [6, 6.07) is 0. The van der Waals surface area contributed by atoms with Crippen molar-refractivity contribution in [1.29, 1.82) is 0 Å². The molecule has 0 aromatic carbocycles. The molecule has 4 aliphatic rings. The Balaban J connectivity index is 1.72. The molecule has 4 rings (SSSR count). The summed E-state index contributed by atoms with van der Waals surface area (Å²) in [5.74, 6) is -0.746. The van der Waals surface area contributed by atoms with Crippen LogP contribution < -0.4 is 0 Å². The zero-order valence-electron chi connectivity index (χ0n) is 14.4. The van der Waals surface area contributed by atoms with Gasteiger partial charge in [-0.25, -0.2) is 13.2 Å². The van der Waals surface area contributed by atoms with Gasteiger partial charge in [0, 0.05) is 18.3 Å². The van der Waals surface area contributed by atoms with E-state index in [0.29, 0.717) is 38.5 Å². The van der Waals surface area contributed by atoms with E-state index in [0.717, 1.165) is 0 Å². The maximum Gasteiger partial charge on any atom is 0.142 e. The van der Waals surface area contributed by atoms with Crippen LogP contribution in [-0.4, -0.2) is 39.4 Å². The molecule has 0 aliphatic heterocycles. The van der Waals surface area contributed by atoms with Crippen molar-refractivity contribution in [3.63, 3.8) is 0 Å². The summed E-state index contributed by atoms with van der Waals surface area (Å²) in [6.07, 6.45) is 0.826. The van der Waals surface area contributed by atoms with E-state index < -0.39 is 40.5 Å². The fourth-order valence-electron chi connectivity index (χ4n) is 6.73. The number of hydrogen-bond donors (Lipinski definition) is 2. The Bertz CT molecular complexity index is 531. The summed E-state index contributed by atoms with van der Waals surface area (Å²) >= 11 is 0. The van der Waals surface area contributed by atoms with Crippen LogP contribution in [0.4, 0.5) is 13.2 Å². The van der Waals surface area contributed by atoms with Gasteiger partial charge in [0.05, 0.1) is 6.10 Å². The van der Waals surface area contributed by atoms with Gasteiger partial charge in [0.25, 0.3) is 0 Å². The average molecular weight is 346 g/mol. The van der Waals surface area contributed by atoms with Gasteiger partial charge in [-0.15, -0.1) is 0 Å². The lowest BCUT2D eigenvalue weighted by atomic mass is 9.54. The third-order valence-corrected chi connectivity index (χ3v) is 8.24. The van der Waals surface area contributed by atoms with E-state index in [2.05, 4.69) is 0 Å². The average Bonchev–Trinajstić information content (AvgIpc) is 2.75. The van der Waals surface area contributed by atoms with Gasteiger partial charge in [-0.1, -0.05) is 6.92 Å². The van der Waals surface area contributed by atoms with Crippen LogP contribution in [0.1, 0.15) is 71.1 Å². The minimum absolute atomic E-state index is 0.0193. The fraction of sp³-hybridized carbons (Fsp3) is 1.00. The first-order valence-corrected chi connectivity index (χ1v) is 9.55. The van der Waals surface area contributed by atoms with E-state index in [4.69, 9.17) is 0 Å². The van der Waals surface area contributed by atoms with Gasteiger partial charge in [0.15, 0.2) is 0 Å². The van der Waals surface area contributed by atoms with Gasteiger partial charge >= 0.3 is 0 Å². The highest BCUT2D eigenvalue weighted by Crippen LogP contribution is 2.66. The van der Waals surface area contributed by atoms with E-state index in [1.54, 1.807) is 0 Å². The molecule has 4 saturated carbocycles. The lowest BCUT2D eigenvalue weighted by Crippen LogP contribution is -2.64. The highest BCUT2D eigenvalue weighted by Gasteiger charge is 2.70. The van der Waals surface area contributed by atoms with Crippen LogP contribution in [0.2, 0.25) is 0 Å². The molecular formula is C19H29F3O2. The van der Waals surface area contributed by atoms with E-state index in [1.165, 1.54) is 0 Å². The maximum atomic E-state index is 16.0. The third kappa shape index (κ3) is 2.09. The first kappa shape index (κ1) is 17.1. The number of aliphatic hydroxyl groups is 2. The molecule has 0 aromatic heterocycles. The number of alkyl halides is 3. The fourth-order valence-corrected chi connectivity index (χ4v) is 6.73. The summed E-state index contributed by atoms with van der Waals surface area (Å²) in [6.45, 7) is 1.83. The zero-order chi connectivity index (χ0) is 17.4. The Hall–Kier alpha value is -0.290. The molecule has 0 aromatic rings. The molecule has 24 heavy (non-hydrogen) atoms. The lowest BCUT2D eigenvalue weighted by Gasteiger charge is -2.56. The van der Waals surface area contributed by atoms with E-state index >= 15 is 8.78 Å². The highest BCUT2D eigenvalue weighted by atomic mass is 19.2. The van der Waals surface area contributed by atoms with Crippen molar-refractivity contribution in [2.75, 3.05) is 0 Å². The predicted molar refractivity (Wildman–Crippen MR) is 84.8 cm³/mol. The number of rotatable bonds is 0. The van der Waals surface area contributed by atoms with Crippen LogP contribution in [0.25, 0.3) is 0 Å². The van der Waals surface area contributed by atoms with Crippen molar-refractivity contribution in [3.05, 3.63) is 0 Å². The molecule has 0 spiro atoms. The smallest absolute Gasteiger partial charge is 0.142 e. The summed E-state index contributed by atoms with van der Waals surface area (Å²) in [7, 11) is 0. The molecule has 138 valence electrons. The Labute approximate surface area is 141 Å². The SMILES string of the molecule is CC12CCC3(F)CC4(F)CC(O)CCC4CC[C@]3(O)C1CCC2F. The normalized spacial score (nSPS) is 60.8. The minimum Gasteiger partial charge on any atom is -0.393 e. The lowest BCUT2D eigenvalue weighted by molar-refractivity contribution is -0.212. The first-order valence-electron chi connectivity index (χ1n) is 9.55. The number of aliphatic hydroxyl groups excluding tert-OH is 1. The Morgan fingerprint density at radius 3 is 2.46 bits per heavy atom. The molecule has 0 radical (unpaired) electrons. The largest absolute Gasteiger partial charge is 0.393 e. The second-order valence-corrected chi connectivity index (χ2v) is 9.38. The molecule has 7 unspecified atom stereocenters. The van der Waals surface area contributed by atoms with Crippen LogP contribution in [0.3, 0.4) is 0 Å². The summed E-state index contributed by atoms with van der Waals surface area (Å²) in [5, 5.41) is 21.3. The van der Waals surface area contributed by atoms with E-state index in [9.17, 15) is 14.6 Å². The van der Waals surface area contributed by atoms with E-state index in [-0.39, 0.29) is 31.6 Å². The Morgan fingerprint density at radius 1 is 0.958 bits per heavy atom. The molecule has 2 nitrogen and oxygen atoms in total. The quantitative estimate of drug-likeness (QED) is 0.695. The molecule has 0 amide bonds. The van der Waals surface area contributed by atoms with Crippen LogP contribution in [0.5, 0.6) is 0 Å². The van der Waals surface area contributed by atoms with Gasteiger partial charge in [0.1, 0.15) is 23.1 Å². The molecular weight excluding hydrogens is 317 g/mol. The van der Waals surface area contributed by atoms with Gasteiger partial charge in [-0.05, 0) is 63.2 Å². The van der Waals surface area contributed by atoms with Crippen molar-refractivity contribution >= 4 is 0 Å². The molecule has 0 heterocycles. The molecule has 0 saturated heterocycles. The second-order valence-electron chi connectivity index (χ2n) is 9.38. The minimum atomic E-state index is -2.01. The highest BCUT2D eigenvalue weighted by molar-refractivity contribution is 5.20. The molecule has 4 fully saturated rings. The number of fused-ring (bicyclic) bond motifs is 4. The van der Waals surface area contributed by atoms with Crippen molar-refractivity contribution in [2.45, 2.75) is 100 Å². The van der Waals surface area contributed by atoms with E-state index in [1.807, 2.05) is 6.92 Å². The van der Waals surface area contributed by atoms with Gasteiger partial charge in [0.2, 0.25) is 0 Å². The molecule has 0 bridgehead atoms. The number of halogens is 3. The first-order chi connectivity index (χ1) is 11.1. The zero-order valence-corrected chi connectivity index (χ0v) is 14.4.